The van der Waals surface area contributed by atoms with E-state index >= 15 is 0 Å². The van der Waals surface area contributed by atoms with Crippen LogP contribution in [0.5, 0.6) is 0 Å². The number of thiol groups is 1. The van der Waals surface area contributed by atoms with Gasteiger partial charge in [0.15, 0.2) is 0 Å². The van der Waals surface area contributed by atoms with Crippen molar-refractivity contribution in [2.45, 2.75) is 70.1 Å². The maximum absolute atomic E-state index is 12.7. The van der Waals surface area contributed by atoms with E-state index in [9.17, 15) is 33.9 Å². The molecule has 14 heteroatoms. The van der Waals surface area contributed by atoms with Gasteiger partial charge in [0.1, 0.15) is 18.1 Å². The quantitative estimate of drug-likeness (QED) is 0.111. The van der Waals surface area contributed by atoms with Gasteiger partial charge in [-0.3, -0.25) is 24.0 Å². The van der Waals surface area contributed by atoms with Crippen molar-refractivity contribution in [3.63, 3.8) is 0 Å². The minimum absolute atomic E-state index is 0.0193. The molecule has 0 spiro atoms. The van der Waals surface area contributed by atoms with Gasteiger partial charge in [0.2, 0.25) is 23.6 Å². The molecule has 9 N–H and O–H groups in total. The van der Waals surface area contributed by atoms with Crippen molar-refractivity contribution in [2.75, 3.05) is 5.75 Å². The average Bonchev–Trinajstić information content (AvgIpc) is 2.71. The second-order valence-electron chi connectivity index (χ2n) is 7.88. The lowest BCUT2D eigenvalue weighted by Crippen LogP contribution is -2.57. The second-order valence-corrected chi connectivity index (χ2v) is 8.24. The standard InChI is InChI=1S/C19H33N5O8S/c1-9(2)7-12(19(31)32)23-18(30)13(8-33)24-17(29)11(4-5-14(21)25)22-16(28)10(20)3-6-15(26)27/h9-13,33H,3-8,20H2,1-2H3,(H2,21,25)(H,22,28)(H,23,30)(H,24,29)(H,26,27)(H,31,32). The predicted octanol–water partition coefficient (Wildman–Crippen LogP) is -2.04. The molecule has 188 valence electrons. The van der Waals surface area contributed by atoms with Crippen LogP contribution < -0.4 is 27.4 Å². The highest BCUT2D eigenvalue weighted by Gasteiger charge is 2.30. The SMILES string of the molecule is CC(C)CC(NC(=O)C(CS)NC(=O)C(CCC(N)=O)NC(=O)C(N)CCC(=O)O)C(=O)O. The van der Waals surface area contributed by atoms with Crippen LogP contribution in [0.1, 0.15) is 46.0 Å². The molecule has 0 aliphatic rings. The number of hydrogen-bond donors (Lipinski definition) is 8. The Kier molecular flexibility index (Phi) is 13.7. The summed E-state index contributed by atoms with van der Waals surface area (Å²) in [5, 5.41) is 25.0. The monoisotopic (exact) mass is 491 g/mol. The lowest BCUT2D eigenvalue weighted by Gasteiger charge is -2.24. The van der Waals surface area contributed by atoms with Gasteiger partial charge in [-0.25, -0.2) is 4.79 Å². The summed E-state index contributed by atoms with van der Waals surface area (Å²) < 4.78 is 0. The summed E-state index contributed by atoms with van der Waals surface area (Å²) in [4.78, 5) is 70.6. The third-order valence-corrected chi connectivity index (χ3v) is 4.82. The first-order chi connectivity index (χ1) is 15.3. The highest BCUT2D eigenvalue weighted by Crippen LogP contribution is 2.06. The molecule has 0 fully saturated rings. The minimum Gasteiger partial charge on any atom is -0.481 e. The fraction of sp³-hybridized carbons (Fsp3) is 0.684. The molecule has 0 rings (SSSR count). The van der Waals surface area contributed by atoms with E-state index in [4.69, 9.17) is 16.6 Å². The number of carboxylic acid groups (broad SMARTS) is 2. The molecule has 0 aromatic carbocycles. The van der Waals surface area contributed by atoms with Gasteiger partial charge in [0, 0.05) is 18.6 Å². The van der Waals surface area contributed by atoms with Crippen LogP contribution in [0.3, 0.4) is 0 Å². The molecule has 4 amide bonds. The Morgan fingerprint density at radius 1 is 0.818 bits per heavy atom. The van der Waals surface area contributed by atoms with E-state index in [0.717, 1.165) is 0 Å². The Balaban J connectivity index is 5.29. The van der Waals surface area contributed by atoms with Crippen LogP contribution in [-0.4, -0.2) is 75.7 Å². The van der Waals surface area contributed by atoms with E-state index in [2.05, 4.69) is 28.6 Å². The summed E-state index contributed by atoms with van der Waals surface area (Å²) in [5.41, 5.74) is 10.7. The van der Waals surface area contributed by atoms with Crippen LogP contribution >= 0.6 is 12.6 Å². The largest absolute Gasteiger partial charge is 0.481 e. The van der Waals surface area contributed by atoms with Gasteiger partial charge in [-0.05, 0) is 25.2 Å². The molecule has 0 aromatic heterocycles. The molecule has 0 heterocycles. The summed E-state index contributed by atoms with van der Waals surface area (Å²) in [6.45, 7) is 3.57. The Bertz CT molecular complexity index is 733. The molecular weight excluding hydrogens is 458 g/mol. The summed E-state index contributed by atoms with van der Waals surface area (Å²) in [6.07, 6.45) is -0.852. The molecule has 4 unspecified atom stereocenters. The number of primary amides is 1. The lowest BCUT2D eigenvalue weighted by atomic mass is 10.0. The van der Waals surface area contributed by atoms with Gasteiger partial charge >= 0.3 is 11.9 Å². The van der Waals surface area contributed by atoms with Gasteiger partial charge < -0.3 is 37.6 Å². The van der Waals surface area contributed by atoms with E-state index in [1.165, 1.54) is 0 Å². The molecule has 13 nitrogen and oxygen atoms in total. The zero-order chi connectivity index (χ0) is 25.7. The topological polar surface area (TPSA) is 231 Å². The number of carbonyl (C=O) groups excluding carboxylic acids is 4. The number of nitrogens with one attached hydrogen (secondary N) is 3. The summed E-state index contributed by atoms with van der Waals surface area (Å²) in [6, 6.07) is -4.93. The van der Waals surface area contributed by atoms with Crippen molar-refractivity contribution in [3.05, 3.63) is 0 Å². The zero-order valence-corrected chi connectivity index (χ0v) is 19.5. The first-order valence-electron chi connectivity index (χ1n) is 10.3. The smallest absolute Gasteiger partial charge is 0.326 e. The lowest BCUT2D eigenvalue weighted by molar-refractivity contribution is -0.142. The first kappa shape index (κ1) is 30.1. The van der Waals surface area contributed by atoms with Crippen LogP contribution in [0.15, 0.2) is 0 Å². The fourth-order valence-electron chi connectivity index (χ4n) is 2.68. The molecule has 0 bridgehead atoms. The number of carboxylic acids is 2. The molecule has 0 saturated carbocycles. The number of rotatable bonds is 16. The van der Waals surface area contributed by atoms with Gasteiger partial charge in [-0.2, -0.15) is 12.6 Å². The van der Waals surface area contributed by atoms with Gasteiger partial charge in [-0.15, -0.1) is 0 Å². The van der Waals surface area contributed by atoms with E-state index in [0.29, 0.717) is 0 Å². The predicted molar refractivity (Wildman–Crippen MR) is 120 cm³/mol. The minimum atomic E-state index is -1.30. The van der Waals surface area contributed by atoms with Crippen LogP contribution in [-0.2, 0) is 28.8 Å². The first-order valence-corrected chi connectivity index (χ1v) is 10.9. The third-order valence-electron chi connectivity index (χ3n) is 4.46. The van der Waals surface area contributed by atoms with Crippen molar-refractivity contribution >= 4 is 48.2 Å². The van der Waals surface area contributed by atoms with E-state index in [1.54, 1.807) is 13.8 Å². The molecule has 0 aliphatic heterocycles. The molecule has 0 aromatic rings. The van der Waals surface area contributed by atoms with Crippen molar-refractivity contribution in [2.24, 2.45) is 17.4 Å². The number of amides is 4. The van der Waals surface area contributed by atoms with Crippen LogP contribution in [0.2, 0.25) is 0 Å². The van der Waals surface area contributed by atoms with Gasteiger partial charge in [0.05, 0.1) is 6.04 Å². The fourth-order valence-corrected chi connectivity index (χ4v) is 2.93. The molecule has 0 saturated heterocycles. The Labute approximate surface area is 196 Å². The summed E-state index contributed by atoms with van der Waals surface area (Å²) >= 11 is 4.02. The van der Waals surface area contributed by atoms with Crippen LogP contribution in [0.4, 0.5) is 0 Å². The third kappa shape index (κ3) is 12.7. The number of hydrogen-bond acceptors (Lipinski definition) is 8. The zero-order valence-electron chi connectivity index (χ0n) is 18.6. The average molecular weight is 492 g/mol. The second kappa shape index (κ2) is 15.1. The highest BCUT2D eigenvalue weighted by molar-refractivity contribution is 7.80. The van der Waals surface area contributed by atoms with E-state index in [1.807, 2.05) is 0 Å². The molecule has 33 heavy (non-hydrogen) atoms. The van der Waals surface area contributed by atoms with Crippen LogP contribution in [0.25, 0.3) is 0 Å². The van der Waals surface area contributed by atoms with Crippen molar-refractivity contribution in [1.82, 2.24) is 16.0 Å². The van der Waals surface area contributed by atoms with E-state index < -0.39 is 59.7 Å². The number of carbonyl (C=O) groups is 6. The van der Waals surface area contributed by atoms with Gasteiger partial charge in [-0.1, -0.05) is 13.8 Å². The molecule has 0 aliphatic carbocycles. The molecular formula is C19H33N5O8S. The normalized spacial score (nSPS) is 14.5. The molecule has 0 radical (unpaired) electrons. The van der Waals surface area contributed by atoms with E-state index in [-0.39, 0.29) is 43.8 Å². The summed E-state index contributed by atoms with van der Waals surface area (Å²) in [5.74, 6) is -5.78. The highest BCUT2D eigenvalue weighted by atomic mass is 32.1. The maximum Gasteiger partial charge on any atom is 0.326 e. The maximum atomic E-state index is 12.7. The Morgan fingerprint density at radius 2 is 1.33 bits per heavy atom. The van der Waals surface area contributed by atoms with Gasteiger partial charge in [0.25, 0.3) is 0 Å². The van der Waals surface area contributed by atoms with Crippen molar-refractivity contribution in [1.29, 1.82) is 0 Å². The van der Waals surface area contributed by atoms with Crippen LogP contribution in [0, 0.1) is 5.92 Å². The van der Waals surface area contributed by atoms with Crippen molar-refractivity contribution < 1.29 is 39.0 Å². The van der Waals surface area contributed by atoms with Crippen molar-refractivity contribution in [3.8, 4) is 0 Å². The Hall–Kier alpha value is -2.87. The summed E-state index contributed by atoms with van der Waals surface area (Å²) in [7, 11) is 0. The Morgan fingerprint density at radius 3 is 1.79 bits per heavy atom. The molecule has 4 atom stereocenters. The number of aliphatic carboxylic acids is 2. The number of nitrogens with two attached hydrogens (primary N) is 2.